The fourth-order valence-electron chi connectivity index (χ4n) is 2.89. The minimum absolute atomic E-state index is 0.605. The van der Waals surface area contributed by atoms with Gasteiger partial charge >= 0.3 is 0 Å². The van der Waals surface area contributed by atoms with Gasteiger partial charge in [0, 0.05) is 18.3 Å². The average molecular weight is 267 g/mol. The maximum atomic E-state index is 5.77. The molecule has 1 aliphatic carbocycles. The van der Waals surface area contributed by atoms with Gasteiger partial charge in [0.2, 0.25) is 0 Å². The Kier molecular flexibility index (Phi) is 3.79. The lowest BCUT2D eigenvalue weighted by atomic mass is 9.87. The largest absolute Gasteiger partial charge is 0.330 e. The van der Waals surface area contributed by atoms with Gasteiger partial charge in [0.15, 0.2) is 0 Å². The zero-order chi connectivity index (χ0) is 13.9. The molecule has 1 aromatic heterocycles. The molecule has 2 aromatic rings. The molecule has 0 aliphatic heterocycles. The molecule has 0 amide bonds. The van der Waals surface area contributed by atoms with Gasteiger partial charge in [-0.05, 0) is 55.3 Å². The third-order valence-corrected chi connectivity index (χ3v) is 4.25. The molecule has 0 spiro atoms. The summed E-state index contributed by atoms with van der Waals surface area (Å²) in [5.41, 5.74) is 10.9. The fourth-order valence-corrected chi connectivity index (χ4v) is 2.89. The molecule has 1 heterocycles. The first-order chi connectivity index (χ1) is 9.76. The lowest BCUT2D eigenvalue weighted by Gasteiger charge is -2.22. The Morgan fingerprint density at radius 2 is 2.15 bits per heavy atom. The van der Waals surface area contributed by atoms with Gasteiger partial charge in [-0.2, -0.15) is 0 Å². The van der Waals surface area contributed by atoms with E-state index < -0.39 is 0 Å². The molecule has 2 N–H and O–H groups in total. The zero-order valence-corrected chi connectivity index (χ0v) is 12.0. The number of fused-ring (bicyclic) bond motifs is 1. The predicted molar refractivity (Wildman–Crippen MR) is 80.6 cm³/mol. The molecule has 0 saturated carbocycles. The van der Waals surface area contributed by atoms with Crippen LogP contribution in [0.3, 0.4) is 0 Å². The summed E-state index contributed by atoms with van der Waals surface area (Å²) in [6.07, 6.45) is 6.07. The normalized spacial score (nSPS) is 17.8. The highest BCUT2D eigenvalue weighted by Crippen LogP contribution is 2.23. The molecule has 1 aromatic carbocycles. The molecule has 0 bridgehead atoms. The molecule has 3 rings (SSSR count). The molecule has 20 heavy (non-hydrogen) atoms. The Balaban J connectivity index is 1.81. The lowest BCUT2D eigenvalue weighted by Crippen LogP contribution is -2.23. The summed E-state index contributed by atoms with van der Waals surface area (Å²) in [5.74, 6) is 1.54. The van der Waals surface area contributed by atoms with Crippen molar-refractivity contribution in [1.29, 1.82) is 0 Å². The van der Waals surface area contributed by atoms with Crippen LogP contribution in [0.5, 0.6) is 0 Å². The molecule has 1 atom stereocenters. The Hall–Kier alpha value is -1.74. The van der Waals surface area contributed by atoms with Crippen LogP contribution in [0.2, 0.25) is 0 Å². The molecule has 0 saturated heterocycles. The highest BCUT2D eigenvalue weighted by atomic mass is 14.9. The summed E-state index contributed by atoms with van der Waals surface area (Å²) in [6.45, 7) is 2.91. The van der Waals surface area contributed by atoms with Crippen LogP contribution < -0.4 is 5.73 Å². The maximum Gasteiger partial charge on any atom is 0.132 e. The van der Waals surface area contributed by atoms with Crippen molar-refractivity contribution < 1.29 is 0 Å². The van der Waals surface area contributed by atoms with Gasteiger partial charge in [-0.15, -0.1) is 0 Å². The highest BCUT2D eigenvalue weighted by molar-refractivity contribution is 5.29. The third kappa shape index (κ3) is 2.73. The first-order valence-corrected chi connectivity index (χ1v) is 7.34. The number of nitrogens with two attached hydrogens (primary N) is 1. The molecule has 1 unspecified atom stereocenters. The quantitative estimate of drug-likeness (QED) is 0.929. The molecule has 3 nitrogen and oxygen atoms in total. The van der Waals surface area contributed by atoms with Crippen molar-refractivity contribution in [3.63, 3.8) is 0 Å². The second kappa shape index (κ2) is 5.71. The second-order valence-electron chi connectivity index (χ2n) is 5.71. The van der Waals surface area contributed by atoms with Gasteiger partial charge < -0.3 is 5.73 Å². The number of rotatable bonds is 3. The third-order valence-electron chi connectivity index (χ3n) is 4.25. The summed E-state index contributed by atoms with van der Waals surface area (Å²) in [6, 6.07) is 8.44. The van der Waals surface area contributed by atoms with Gasteiger partial charge in [-0.1, -0.05) is 24.3 Å². The first kappa shape index (κ1) is 13.3. The highest BCUT2D eigenvalue weighted by Gasteiger charge is 2.19. The number of benzene rings is 1. The van der Waals surface area contributed by atoms with Crippen LogP contribution in [0, 0.1) is 12.8 Å². The Morgan fingerprint density at radius 1 is 1.30 bits per heavy atom. The van der Waals surface area contributed by atoms with Crippen LogP contribution in [0.1, 0.15) is 34.6 Å². The molecular weight excluding hydrogens is 246 g/mol. The monoisotopic (exact) mass is 267 g/mol. The van der Waals surface area contributed by atoms with Crippen LogP contribution in [-0.2, 0) is 19.3 Å². The van der Waals surface area contributed by atoms with E-state index in [1.165, 1.54) is 22.4 Å². The van der Waals surface area contributed by atoms with Gasteiger partial charge in [-0.25, -0.2) is 9.97 Å². The van der Waals surface area contributed by atoms with Crippen molar-refractivity contribution in [2.45, 2.75) is 32.6 Å². The average Bonchev–Trinajstić information content (AvgIpc) is 2.49. The summed E-state index contributed by atoms with van der Waals surface area (Å²) in [7, 11) is 0. The van der Waals surface area contributed by atoms with E-state index >= 15 is 0 Å². The SMILES string of the molecule is Cc1ccccc1Cc1ncc2c(n1)CCC(CN)C2. The van der Waals surface area contributed by atoms with Crippen molar-refractivity contribution in [2.24, 2.45) is 11.7 Å². The Labute approximate surface area is 120 Å². The number of hydrogen-bond donors (Lipinski definition) is 1. The van der Waals surface area contributed by atoms with E-state index in [9.17, 15) is 0 Å². The van der Waals surface area contributed by atoms with E-state index in [1.54, 1.807) is 0 Å². The second-order valence-corrected chi connectivity index (χ2v) is 5.71. The minimum atomic E-state index is 0.605. The number of hydrogen-bond acceptors (Lipinski definition) is 3. The van der Waals surface area contributed by atoms with E-state index in [-0.39, 0.29) is 0 Å². The molecule has 3 heteroatoms. The van der Waals surface area contributed by atoms with Crippen LogP contribution in [0.25, 0.3) is 0 Å². The molecule has 0 radical (unpaired) electrons. The zero-order valence-electron chi connectivity index (χ0n) is 12.0. The lowest BCUT2D eigenvalue weighted by molar-refractivity contribution is 0.460. The van der Waals surface area contributed by atoms with E-state index in [2.05, 4.69) is 36.2 Å². The number of aryl methyl sites for hydroxylation is 2. The Bertz CT molecular complexity index is 607. The molecule has 1 aliphatic rings. The summed E-state index contributed by atoms with van der Waals surface area (Å²) in [5, 5.41) is 0. The standard InChI is InChI=1S/C17H21N3/c1-12-4-2-3-5-14(12)9-17-19-11-15-8-13(10-18)6-7-16(15)20-17/h2-5,11,13H,6-10,18H2,1H3. The van der Waals surface area contributed by atoms with Crippen LogP contribution in [-0.4, -0.2) is 16.5 Å². The maximum absolute atomic E-state index is 5.77. The Morgan fingerprint density at radius 3 is 2.95 bits per heavy atom. The summed E-state index contributed by atoms with van der Waals surface area (Å²) < 4.78 is 0. The van der Waals surface area contributed by atoms with Crippen molar-refractivity contribution >= 4 is 0 Å². The van der Waals surface area contributed by atoms with E-state index in [1.807, 2.05) is 6.20 Å². The topological polar surface area (TPSA) is 51.8 Å². The van der Waals surface area contributed by atoms with Crippen LogP contribution in [0.15, 0.2) is 30.5 Å². The van der Waals surface area contributed by atoms with Crippen molar-refractivity contribution in [3.8, 4) is 0 Å². The predicted octanol–water partition coefficient (Wildman–Crippen LogP) is 2.44. The molecular formula is C17H21N3. The van der Waals surface area contributed by atoms with Gasteiger partial charge in [0.1, 0.15) is 5.82 Å². The summed E-state index contributed by atoms with van der Waals surface area (Å²) >= 11 is 0. The van der Waals surface area contributed by atoms with Gasteiger partial charge in [-0.3, -0.25) is 0 Å². The van der Waals surface area contributed by atoms with E-state index in [0.717, 1.165) is 38.1 Å². The van der Waals surface area contributed by atoms with Crippen LogP contribution in [0.4, 0.5) is 0 Å². The van der Waals surface area contributed by atoms with Crippen LogP contribution >= 0.6 is 0 Å². The number of aromatic nitrogens is 2. The first-order valence-electron chi connectivity index (χ1n) is 7.34. The number of nitrogens with zero attached hydrogens (tertiary/aromatic N) is 2. The minimum Gasteiger partial charge on any atom is -0.330 e. The fraction of sp³-hybridized carbons (Fsp3) is 0.412. The summed E-state index contributed by atoms with van der Waals surface area (Å²) in [4.78, 5) is 9.31. The molecule has 104 valence electrons. The van der Waals surface area contributed by atoms with Crippen molar-refractivity contribution in [2.75, 3.05) is 6.54 Å². The van der Waals surface area contributed by atoms with E-state index in [4.69, 9.17) is 10.7 Å². The van der Waals surface area contributed by atoms with Gasteiger partial charge in [0.25, 0.3) is 0 Å². The molecule has 0 fully saturated rings. The van der Waals surface area contributed by atoms with Crippen molar-refractivity contribution in [3.05, 3.63) is 58.7 Å². The smallest absolute Gasteiger partial charge is 0.132 e. The van der Waals surface area contributed by atoms with Crippen molar-refractivity contribution in [1.82, 2.24) is 9.97 Å². The van der Waals surface area contributed by atoms with Gasteiger partial charge in [0.05, 0.1) is 0 Å². The van der Waals surface area contributed by atoms with E-state index in [0.29, 0.717) is 5.92 Å².